The Morgan fingerprint density at radius 1 is 1.00 bits per heavy atom. The highest BCUT2D eigenvalue weighted by Crippen LogP contribution is 2.29. The largest absolute Gasteiger partial charge is 0.496 e. The maximum atomic E-state index is 13.1. The Morgan fingerprint density at radius 2 is 1.75 bits per heavy atom. The van der Waals surface area contributed by atoms with Crippen LogP contribution in [0.4, 0.5) is 5.82 Å². The van der Waals surface area contributed by atoms with Gasteiger partial charge in [-0.25, -0.2) is 9.97 Å². The number of piperidine rings is 1. The highest BCUT2D eigenvalue weighted by Gasteiger charge is 2.23. The molecule has 1 aliphatic heterocycles. The summed E-state index contributed by atoms with van der Waals surface area (Å²) in [7, 11) is 1.58. The molecule has 0 radical (unpaired) electrons. The second kappa shape index (κ2) is 11.2. The second-order valence-electron chi connectivity index (χ2n) is 12.1. The molecule has 0 saturated carbocycles. The highest BCUT2D eigenvalue weighted by molar-refractivity contribution is 5.97. The molecule has 0 spiro atoms. The molecule has 7 nitrogen and oxygen atoms in total. The lowest BCUT2D eigenvalue weighted by molar-refractivity contribution is 0.0947. The number of ether oxygens (including phenoxy) is 1. The normalized spacial score (nSPS) is 17.6. The number of anilines is 1. The molecule has 1 aliphatic rings. The van der Waals surface area contributed by atoms with Crippen LogP contribution in [0.5, 0.6) is 5.75 Å². The van der Waals surface area contributed by atoms with E-state index in [1.807, 2.05) is 42.5 Å². The Balaban J connectivity index is 1.35. The second-order valence-corrected chi connectivity index (χ2v) is 12.1. The number of pyridine rings is 3. The Bertz CT molecular complexity index is 1520. The molecule has 5 rings (SSSR count). The third kappa shape index (κ3) is 6.09. The van der Waals surface area contributed by atoms with Gasteiger partial charge in [0, 0.05) is 24.7 Å². The fourth-order valence-corrected chi connectivity index (χ4v) is 5.51. The van der Waals surface area contributed by atoms with Gasteiger partial charge in [-0.05, 0) is 71.7 Å². The number of carbonyl (C=O) groups is 1. The summed E-state index contributed by atoms with van der Waals surface area (Å²) in [5.41, 5.74) is 4.72. The molecule has 1 aromatic carbocycles. The van der Waals surface area contributed by atoms with E-state index in [1.54, 1.807) is 13.3 Å². The summed E-state index contributed by atoms with van der Waals surface area (Å²) in [4.78, 5) is 30.0. The Morgan fingerprint density at radius 3 is 2.48 bits per heavy atom. The summed E-state index contributed by atoms with van der Waals surface area (Å²) in [5, 5.41) is 3.94. The number of amides is 1. The first kappa shape index (κ1) is 27.6. The zero-order valence-electron chi connectivity index (χ0n) is 24.4. The van der Waals surface area contributed by atoms with Gasteiger partial charge in [0.2, 0.25) is 0 Å². The number of aromatic nitrogens is 3. The molecular weight excluding hydrogens is 498 g/mol. The number of fused-ring (bicyclic) bond motifs is 1. The number of nitrogens with one attached hydrogen (secondary N) is 1. The molecule has 1 amide bonds. The summed E-state index contributed by atoms with van der Waals surface area (Å²) in [6, 6.07) is 17.9. The molecule has 40 heavy (non-hydrogen) atoms. The van der Waals surface area contributed by atoms with Crippen molar-refractivity contribution in [2.75, 3.05) is 25.1 Å². The van der Waals surface area contributed by atoms with E-state index >= 15 is 0 Å². The molecule has 1 fully saturated rings. The quantitative estimate of drug-likeness (QED) is 0.306. The van der Waals surface area contributed by atoms with Gasteiger partial charge in [0.25, 0.3) is 5.91 Å². The fourth-order valence-electron chi connectivity index (χ4n) is 5.51. The molecule has 7 heteroatoms. The van der Waals surface area contributed by atoms with Gasteiger partial charge in [-0.1, -0.05) is 46.8 Å². The number of benzene rings is 1. The van der Waals surface area contributed by atoms with Gasteiger partial charge >= 0.3 is 0 Å². The summed E-state index contributed by atoms with van der Waals surface area (Å²) in [6.45, 7) is 13.3. The maximum Gasteiger partial charge on any atom is 0.255 e. The molecule has 0 aliphatic carbocycles. The van der Waals surface area contributed by atoms with Crippen LogP contribution in [0.2, 0.25) is 0 Å². The van der Waals surface area contributed by atoms with E-state index in [0.717, 1.165) is 52.5 Å². The van der Waals surface area contributed by atoms with Gasteiger partial charge in [-0.15, -0.1) is 0 Å². The zero-order chi connectivity index (χ0) is 28.4. The van der Waals surface area contributed by atoms with Gasteiger partial charge < -0.3 is 15.0 Å². The van der Waals surface area contributed by atoms with Crippen molar-refractivity contribution >= 4 is 22.6 Å². The summed E-state index contributed by atoms with van der Waals surface area (Å²) in [6.07, 6.45) is 3.06. The van der Waals surface area contributed by atoms with E-state index in [9.17, 15) is 4.79 Å². The molecule has 2 atom stereocenters. The number of nitrogens with zero attached hydrogens (tertiary/aromatic N) is 4. The van der Waals surface area contributed by atoms with E-state index < -0.39 is 0 Å². The van der Waals surface area contributed by atoms with Crippen LogP contribution in [-0.4, -0.2) is 41.1 Å². The van der Waals surface area contributed by atoms with Crippen LogP contribution in [0.1, 0.15) is 62.7 Å². The first-order valence-corrected chi connectivity index (χ1v) is 14.1. The first-order valence-electron chi connectivity index (χ1n) is 14.1. The lowest BCUT2D eigenvalue weighted by Crippen LogP contribution is -2.39. The van der Waals surface area contributed by atoms with E-state index in [-0.39, 0.29) is 17.9 Å². The van der Waals surface area contributed by atoms with E-state index in [2.05, 4.69) is 62.0 Å². The van der Waals surface area contributed by atoms with Crippen LogP contribution >= 0.6 is 0 Å². The number of hydrogen-bond donors (Lipinski definition) is 1. The minimum atomic E-state index is -0.200. The van der Waals surface area contributed by atoms with Gasteiger partial charge in [-0.3, -0.25) is 9.78 Å². The molecule has 4 aromatic rings. The summed E-state index contributed by atoms with van der Waals surface area (Å²) < 4.78 is 5.46. The average molecular weight is 538 g/mol. The Kier molecular flexibility index (Phi) is 7.74. The number of hydrogen-bond acceptors (Lipinski definition) is 6. The van der Waals surface area contributed by atoms with E-state index in [1.165, 1.54) is 6.42 Å². The average Bonchev–Trinajstić information content (AvgIpc) is 2.94. The fraction of sp³-hybridized carbons (Fsp3) is 0.394. The summed E-state index contributed by atoms with van der Waals surface area (Å²) >= 11 is 0. The van der Waals surface area contributed by atoms with Gasteiger partial charge in [0.1, 0.15) is 11.6 Å². The van der Waals surface area contributed by atoms with E-state index in [4.69, 9.17) is 14.7 Å². The lowest BCUT2D eigenvalue weighted by Gasteiger charge is -2.35. The molecule has 1 N–H and O–H groups in total. The molecule has 4 heterocycles. The SMILES string of the molecule is COc1ccc(C(C)(C)C)cc1C(=O)NCc1cc2nc(-c3cccc(N4C[C@H](C)C[C@H](C)C4)n3)ccc2cn1. The van der Waals surface area contributed by atoms with Crippen LogP contribution < -0.4 is 15.0 Å². The zero-order valence-corrected chi connectivity index (χ0v) is 24.4. The Labute approximate surface area is 237 Å². The van der Waals surface area contributed by atoms with Crippen molar-refractivity contribution in [3.8, 4) is 17.1 Å². The van der Waals surface area contributed by atoms with Crippen molar-refractivity contribution in [1.29, 1.82) is 0 Å². The molecular formula is C33H39N5O2. The monoisotopic (exact) mass is 537 g/mol. The van der Waals surface area contributed by atoms with Crippen molar-refractivity contribution in [3.63, 3.8) is 0 Å². The van der Waals surface area contributed by atoms with Gasteiger partial charge in [-0.2, -0.15) is 0 Å². The molecule has 0 unspecified atom stereocenters. The van der Waals surface area contributed by atoms with Gasteiger partial charge in [0.15, 0.2) is 0 Å². The maximum absolute atomic E-state index is 13.1. The smallest absolute Gasteiger partial charge is 0.255 e. The Hall–Kier alpha value is -4.00. The molecule has 3 aromatic heterocycles. The van der Waals surface area contributed by atoms with Crippen LogP contribution in [0.25, 0.3) is 22.3 Å². The van der Waals surface area contributed by atoms with Crippen molar-refractivity contribution in [1.82, 2.24) is 20.3 Å². The van der Waals surface area contributed by atoms with Crippen molar-refractivity contribution in [3.05, 3.63) is 77.6 Å². The lowest BCUT2D eigenvalue weighted by atomic mass is 9.86. The van der Waals surface area contributed by atoms with E-state index in [0.29, 0.717) is 23.1 Å². The van der Waals surface area contributed by atoms with Crippen LogP contribution in [-0.2, 0) is 12.0 Å². The van der Waals surface area contributed by atoms with Crippen LogP contribution in [0.3, 0.4) is 0 Å². The summed E-state index contributed by atoms with van der Waals surface area (Å²) in [5.74, 6) is 2.66. The number of rotatable bonds is 6. The van der Waals surface area contributed by atoms with Gasteiger partial charge in [0.05, 0.1) is 41.8 Å². The van der Waals surface area contributed by atoms with Crippen molar-refractivity contribution in [2.24, 2.45) is 11.8 Å². The number of methoxy groups -OCH3 is 1. The topological polar surface area (TPSA) is 80.2 Å². The predicted octanol–water partition coefficient (Wildman–Crippen LogP) is 6.41. The molecule has 208 valence electrons. The minimum absolute atomic E-state index is 0.0798. The third-order valence-electron chi connectivity index (χ3n) is 7.56. The highest BCUT2D eigenvalue weighted by atomic mass is 16.5. The number of carbonyl (C=O) groups excluding carboxylic acids is 1. The third-order valence-corrected chi connectivity index (χ3v) is 7.56. The molecule has 0 bridgehead atoms. The van der Waals surface area contributed by atoms with Crippen LogP contribution in [0.15, 0.2) is 60.8 Å². The first-order chi connectivity index (χ1) is 19.1. The standard InChI is InChI=1S/C33H39N5O2/c1-21-14-22(2)20-38(19-21)31-9-7-8-27(37-31)28-12-10-23-17-34-25(16-29(23)36-28)18-35-32(39)26-15-24(33(3,4)5)11-13-30(26)40-6/h7-13,15-17,21-22H,14,18-20H2,1-6H3,(H,35,39)/t21-,22+. The minimum Gasteiger partial charge on any atom is -0.496 e. The van der Waals surface area contributed by atoms with Crippen molar-refractivity contribution in [2.45, 2.75) is 53.0 Å². The molecule has 1 saturated heterocycles. The van der Waals surface area contributed by atoms with Crippen LogP contribution in [0, 0.1) is 11.8 Å². The van der Waals surface area contributed by atoms with Crippen molar-refractivity contribution < 1.29 is 9.53 Å². The predicted molar refractivity (Wildman–Crippen MR) is 161 cm³/mol.